The molecule has 18 heavy (non-hydrogen) atoms. The van der Waals surface area contributed by atoms with Gasteiger partial charge < -0.3 is 14.6 Å². The van der Waals surface area contributed by atoms with E-state index in [9.17, 15) is 5.11 Å². The molecule has 1 aliphatic carbocycles. The zero-order valence-electron chi connectivity index (χ0n) is 12.6. The lowest BCUT2D eigenvalue weighted by Crippen LogP contribution is -2.42. The van der Waals surface area contributed by atoms with Crippen LogP contribution in [0, 0.1) is 11.3 Å². The van der Waals surface area contributed by atoms with Gasteiger partial charge in [0.25, 0.3) is 0 Å². The van der Waals surface area contributed by atoms with Gasteiger partial charge in [0.15, 0.2) is 0 Å². The Kier molecular flexibility index (Phi) is 6.09. The lowest BCUT2D eigenvalue weighted by molar-refractivity contribution is -0.123. The first kappa shape index (κ1) is 15.9. The molecule has 0 radical (unpaired) electrons. The molecule has 0 aliphatic heterocycles. The van der Waals surface area contributed by atoms with E-state index in [0.29, 0.717) is 17.9 Å². The Morgan fingerprint density at radius 3 is 2.56 bits per heavy atom. The highest BCUT2D eigenvalue weighted by Gasteiger charge is 2.37. The van der Waals surface area contributed by atoms with E-state index in [2.05, 4.69) is 20.8 Å². The number of ether oxygens (including phenoxy) is 2. The van der Waals surface area contributed by atoms with E-state index < -0.39 is 0 Å². The fourth-order valence-electron chi connectivity index (χ4n) is 2.83. The Morgan fingerprint density at radius 1 is 1.33 bits per heavy atom. The summed E-state index contributed by atoms with van der Waals surface area (Å²) in [5.74, 6) is 0.644. The predicted octanol–water partition coefficient (Wildman–Crippen LogP) is 3.00. The maximum absolute atomic E-state index is 10.1. The van der Waals surface area contributed by atoms with Gasteiger partial charge in [0.05, 0.1) is 24.9 Å². The summed E-state index contributed by atoms with van der Waals surface area (Å²) < 4.78 is 11.0. The van der Waals surface area contributed by atoms with Crippen molar-refractivity contribution >= 4 is 0 Å². The highest BCUT2D eigenvalue weighted by Crippen LogP contribution is 2.41. The van der Waals surface area contributed by atoms with Crippen LogP contribution in [0.5, 0.6) is 0 Å². The first-order chi connectivity index (χ1) is 8.40. The third-order valence-electron chi connectivity index (χ3n) is 4.58. The van der Waals surface area contributed by atoms with Crippen molar-refractivity contribution in [2.75, 3.05) is 13.7 Å². The predicted molar refractivity (Wildman–Crippen MR) is 73.6 cm³/mol. The molecule has 4 atom stereocenters. The molecular weight excluding hydrogens is 228 g/mol. The summed E-state index contributed by atoms with van der Waals surface area (Å²) >= 11 is 0. The Balaban J connectivity index is 2.56. The molecule has 0 heterocycles. The fourth-order valence-corrected chi connectivity index (χ4v) is 2.83. The van der Waals surface area contributed by atoms with Crippen molar-refractivity contribution in [3.8, 4) is 0 Å². The van der Waals surface area contributed by atoms with E-state index in [4.69, 9.17) is 9.47 Å². The van der Waals surface area contributed by atoms with Crippen molar-refractivity contribution in [3.05, 3.63) is 0 Å². The number of methoxy groups -OCH3 is 1. The average molecular weight is 258 g/mol. The lowest BCUT2D eigenvalue weighted by atomic mass is 9.68. The second-order valence-electron chi connectivity index (χ2n) is 6.36. The van der Waals surface area contributed by atoms with Gasteiger partial charge in [-0.3, -0.25) is 0 Å². The molecule has 1 aliphatic rings. The molecule has 0 aromatic rings. The molecule has 1 rings (SSSR count). The monoisotopic (exact) mass is 258 g/mol. The molecule has 0 spiro atoms. The maximum atomic E-state index is 10.1. The van der Waals surface area contributed by atoms with Crippen LogP contribution >= 0.6 is 0 Å². The van der Waals surface area contributed by atoms with E-state index in [1.807, 2.05) is 6.92 Å². The van der Waals surface area contributed by atoms with Crippen molar-refractivity contribution in [1.82, 2.24) is 0 Å². The lowest BCUT2D eigenvalue weighted by Gasteiger charge is -2.42. The summed E-state index contributed by atoms with van der Waals surface area (Å²) in [5.41, 5.74) is 0.340. The van der Waals surface area contributed by atoms with Gasteiger partial charge in [-0.25, -0.2) is 0 Å². The van der Waals surface area contributed by atoms with E-state index in [-0.39, 0.29) is 18.3 Å². The summed E-state index contributed by atoms with van der Waals surface area (Å²) in [5, 5.41) is 10.1. The van der Waals surface area contributed by atoms with Crippen molar-refractivity contribution in [2.24, 2.45) is 11.3 Å². The second kappa shape index (κ2) is 6.88. The number of rotatable bonds is 6. The van der Waals surface area contributed by atoms with E-state index in [1.165, 1.54) is 6.42 Å². The summed E-state index contributed by atoms with van der Waals surface area (Å²) in [7, 11) is 1.68. The SMILES string of the molecule is CCC(C)(C)C1CCC(O)C(OC(C)COC)C1. The minimum Gasteiger partial charge on any atom is -0.390 e. The quantitative estimate of drug-likeness (QED) is 0.796. The maximum Gasteiger partial charge on any atom is 0.0841 e. The normalized spacial score (nSPS) is 31.3. The minimum absolute atomic E-state index is 0.0280. The van der Waals surface area contributed by atoms with E-state index in [0.717, 1.165) is 19.3 Å². The van der Waals surface area contributed by atoms with Gasteiger partial charge >= 0.3 is 0 Å². The van der Waals surface area contributed by atoms with Gasteiger partial charge in [-0.05, 0) is 37.5 Å². The minimum atomic E-state index is -0.312. The smallest absolute Gasteiger partial charge is 0.0841 e. The van der Waals surface area contributed by atoms with Crippen LogP contribution in [-0.4, -0.2) is 37.1 Å². The molecule has 108 valence electrons. The summed E-state index contributed by atoms with van der Waals surface area (Å²) in [6.45, 7) is 9.49. The van der Waals surface area contributed by atoms with Gasteiger partial charge in [0.2, 0.25) is 0 Å². The summed E-state index contributed by atoms with van der Waals surface area (Å²) in [6, 6.07) is 0. The second-order valence-corrected chi connectivity index (χ2v) is 6.36. The van der Waals surface area contributed by atoms with Crippen molar-refractivity contribution in [1.29, 1.82) is 0 Å². The molecule has 0 amide bonds. The first-order valence-corrected chi connectivity index (χ1v) is 7.23. The largest absolute Gasteiger partial charge is 0.390 e. The van der Waals surface area contributed by atoms with Gasteiger partial charge in [0.1, 0.15) is 0 Å². The highest BCUT2D eigenvalue weighted by atomic mass is 16.5. The van der Waals surface area contributed by atoms with Crippen molar-refractivity contribution < 1.29 is 14.6 Å². The topological polar surface area (TPSA) is 38.7 Å². The Hall–Kier alpha value is -0.120. The van der Waals surface area contributed by atoms with Gasteiger partial charge in [-0.2, -0.15) is 0 Å². The molecule has 0 bridgehead atoms. The standard InChI is InChI=1S/C15H30O3/c1-6-15(3,4)12-7-8-13(16)14(9-12)18-11(2)10-17-5/h11-14,16H,6-10H2,1-5H3. The summed E-state index contributed by atoms with van der Waals surface area (Å²) in [6.07, 6.45) is 3.83. The molecule has 3 heteroatoms. The molecular formula is C15H30O3. The third-order valence-corrected chi connectivity index (χ3v) is 4.58. The zero-order valence-corrected chi connectivity index (χ0v) is 12.6. The number of hydrogen-bond donors (Lipinski definition) is 1. The van der Waals surface area contributed by atoms with Crippen molar-refractivity contribution in [3.63, 3.8) is 0 Å². The zero-order chi connectivity index (χ0) is 13.8. The van der Waals surface area contributed by atoms with Gasteiger partial charge in [0, 0.05) is 7.11 Å². The molecule has 0 aromatic carbocycles. The Labute approximate surface area is 112 Å². The number of hydrogen-bond acceptors (Lipinski definition) is 3. The molecule has 0 aromatic heterocycles. The van der Waals surface area contributed by atoms with Crippen LogP contribution in [0.3, 0.4) is 0 Å². The Bertz CT molecular complexity index is 240. The highest BCUT2D eigenvalue weighted by molar-refractivity contribution is 4.88. The van der Waals surface area contributed by atoms with Crippen LogP contribution in [-0.2, 0) is 9.47 Å². The van der Waals surface area contributed by atoms with Crippen LogP contribution in [0.25, 0.3) is 0 Å². The molecule has 1 fully saturated rings. The number of aliphatic hydroxyl groups is 1. The van der Waals surface area contributed by atoms with Gasteiger partial charge in [-0.1, -0.05) is 27.2 Å². The van der Waals surface area contributed by atoms with E-state index in [1.54, 1.807) is 7.11 Å². The first-order valence-electron chi connectivity index (χ1n) is 7.23. The molecule has 1 N–H and O–H groups in total. The van der Waals surface area contributed by atoms with Crippen LogP contribution in [0.4, 0.5) is 0 Å². The van der Waals surface area contributed by atoms with Crippen LogP contribution < -0.4 is 0 Å². The molecule has 1 saturated carbocycles. The van der Waals surface area contributed by atoms with Crippen LogP contribution in [0.15, 0.2) is 0 Å². The third kappa shape index (κ3) is 4.22. The number of aliphatic hydroxyl groups excluding tert-OH is 1. The summed E-state index contributed by atoms with van der Waals surface area (Å²) in [4.78, 5) is 0. The Morgan fingerprint density at radius 2 is 2.00 bits per heavy atom. The fraction of sp³-hybridized carbons (Fsp3) is 1.00. The average Bonchev–Trinajstić information content (AvgIpc) is 2.32. The molecule has 3 nitrogen and oxygen atoms in total. The molecule has 4 unspecified atom stereocenters. The molecule has 0 saturated heterocycles. The van der Waals surface area contributed by atoms with Crippen molar-refractivity contribution in [2.45, 2.75) is 71.7 Å². The van der Waals surface area contributed by atoms with Crippen LogP contribution in [0.1, 0.15) is 53.4 Å². The van der Waals surface area contributed by atoms with E-state index >= 15 is 0 Å². The van der Waals surface area contributed by atoms with Gasteiger partial charge in [-0.15, -0.1) is 0 Å². The van der Waals surface area contributed by atoms with Crippen LogP contribution in [0.2, 0.25) is 0 Å².